The van der Waals surface area contributed by atoms with Crippen LogP contribution in [0, 0.1) is 0 Å². The van der Waals surface area contributed by atoms with Crippen molar-refractivity contribution in [1.82, 2.24) is 5.32 Å². The molecule has 3 rings (SSSR count). The van der Waals surface area contributed by atoms with E-state index in [1.54, 1.807) is 12.1 Å². The van der Waals surface area contributed by atoms with Crippen molar-refractivity contribution in [1.29, 1.82) is 0 Å². The molecule has 1 aliphatic rings. The molecule has 0 aromatic heterocycles. The number of Topliss-reactive ketones (excluding diaryl/α,β-unsaturated/α-hetero) is 1. The fourth-order valence-electron chi connectivity index (χ4n) is 3.13. The van der Waals surface area contributed by atoms with Gasteiger partial charge in [0.15, 0.2) is 5.78 Å². The van der Waals surface area contributed by atoms with E-state index < -0.39 is 0 Å². The molecule has 1 amide bonds. The number of benzene rings is 2. The summed E-state index contributed by atoms with van der Waals surface area (Å²) in [5.41, 5.74) is 3.67. The van der Waals surface area contributed by atoms with Gasteiger partial charge in [-0.15, -0.1) is 0 Å². The topological polar surface area (TPSA) is 61.9 Å². The summed E-state index contributed by atoms with van der Waals surface area (Å²) in [4.78, 5) is 28.7. The monoisotopic (exact) mass is 381 g/mol. The van der Waals surface area contributed by atoms with Crippen LogP contribution in [0.2, 0.25) is 0 Å². The van der Waals surface area contributed by atoms with E-state index in [0.717, 1.165) is 43.2 Å². The summed E-state index contributed by atoms with van der Waals surface area (Å²) in [6.07, 6.45) is 0.309. The number of nitrogens with one attached hydrogen (secondary N) is 1. The van der Waals surface area contributed by atoms with E-state index in [-0.39, 0.29) is 18.2 Å². The Morgan fingerprint density at radius 1 is 1.00 bits per heavy atom. The number of morpholine rings is 1. The summed E-state index contributed by atoms with van der Waals surface area (Å²) in [6.45, 7) is 3.30. The molecule has 6 nitrogen and oxygen atoms in total. The quantitative estimate of drug-likeness (QED) is 0.796. The van der Waals surface area contributed by atoms with E-state index in [4.69, 9.17) is 4.74 Å². The molecule has 0 aliphatic carbocycles. The lowest BCUT2D eigenvalue weighted by Gasteiger charge is -2.28. The zero-order valence-corrected chi connectivity index (χ0v) is 16.5. The van der Waals surface area contributed by atoms with Gasteiger partial charge in [0.05, 0.1) is 19.8 Å². The lowest BCUT2D eigenvalue weighted by molar-refractivity contribution is -0.117. The maximum atomic E-state index is 12.2. The first-order chi connectivity index (χ1) is 13.5. The van der Waals surface area contributed by atoms with Crippen LogP contribution in [0.25, 0.3) is 0 Å². The molecule has 0 bridgehead atoms. The van der Waals surface area contributed by atoms with Crippen molar-refractivity contribution in [2.45, 2.75) is 6.42 Å². The molecule has 6 heteroatoms. The third-order valence-electron chi connectivity index (χ3n) is 4.81. The highest BCUT2D eigenvalue weighted by Gasteiger charge is 2.12. The highest BCUT2D eigenvalue weighted by atomic mass is 16.5. The van der Waals surface area contributed by atoms with E-state index in [1.165, 1.54) is 0 Å². The first kappa shape index (κ1) is 19.9. The molecule has 0 atom stereocenters. The molecule has 28 heavy (non-hydrogen) atoms. The van der Waals surface area contributed by atoms with Gasteiger partial charge < -0.3 is 19.9 Å². The molecule has 1 saturated heterocycles. The first-order valence-corrected chi connectivity index (χ1v) is 9.52. The average Bonchev–Trinajstić information content (AvgIpc) is 2.73. The highest BCUT2D eigenvalue weighted by molar-refractivity contribution is 5.97. The smallest absolute Gasteiger partial charge is 0.251 e. The van der Waals surface area contributed by atoms with E-state index in [2.05, 4.69) is 10.2 Å². The first-order valence-electron chi connectivity index (χ1n) is 9.52. The van der Waals surface area contributed by atoms with Gasteiger partial charge in [-0.3, -0.25) is 9.59 Å². The summed E-state index contributed by atoms with van der Waals surface area (Å²) in [7, 11) is 3.89. The molecule has 1 heterocycles. The number of ether oxygens (including phenoxy) is 1. The number of carbonyl (C=O) groups is 2. The molecule has 1 aliphatic heterocycles. The third kappa shape index (κ3) is 5.33. The van der Waals surface area contributed by atoms with Crippen molar-refractivity contribution in [3.05, 3.63) is 59.7 Å². The third-order valence-corrected chi connectivity index (χ3v) is 4.81. The fourth-order valence-corrected chi connectivity index (χ4v) is 3.13. The maximum absolute atomic E-state index is 12.2. The van der Waals surface area contributed by atoms with Crippen molar-refractivity contribution >= 4 is 23.1 Å². The minimum atomic E-state index is -0.235. The van der Waals surface area contributed by atoms with Crippen molar-refractivity contribution < 1.29 is 14.3 Å². The van der Waals surface area contributed by atoms with E-state index in [9.17, 15) is 9.59 Å². The number of nitrogens with zero attached hydrogens (tertiary/aromatic N) is 2. The van der Waals surface area contributed by atoms with Crippen molar-refractivity contribution in [3.63, 3.8) is 0 Å². The zero-order chi connectivity index (χ0) is 19.9. The normalized spacial score (nSPS) is 13.9. The molecule has 0 radical (unpaired) electrons. The number of hydrogen-bond acceptors (Lipinski definition) is 5. The Bertz CT molecular complexity index is 795. The Kier molecular flexibility index (Phi) is 6.66. The Balaban J connectivity index is 1.47. The molecule has 1 N–H and O–H groups in total. The van der Waals surface area contributed by atoms with Crippen LogP contribution >= 0.6 is 0 Å². The molecule has 2 aromatic carbocycles. The second-order valence-electron chi connectivity index (χ2n) is 7.11. The van der Waals surface area contributed by atoms with E-state index in [1.807, 2.05) is 55.4 Å². The maximum Gasteiger partial charge on any atom is 0.251 e. The van der Waals surface area contributed by atoms with Gasteiger partial charge >= 0.3 is 0 Å². The van der Waals surface area contributed by atoms with Gasteiger partial charge in [-0.2, -0.15) is 0 Å². The Hall–Kier alpha value is -2.86. The SMILES string of the molecule is CN(C)c1ccc(C(=O)NCC(=O)Cc2ccc(N3CCOCC3)cc2)cc1. The largest absolute Gasteiger partial charge is 0.378 e. The number of rotatable bonds is 7. The van der Waals surface area contributed by atoms with Crippen molar-refractivity contribution in [2.24, 2.45) is 0 Å². The van der Waals surface area contributed by atoms with Gasteiger partial charge in [-0.05, 0) is 42.0 Å². The van der Waals surface area contributed by atoms with Crippen LogP contribution in [0.4, 0.5) is 11.4 Å². The van der Waals surface area contributed by atoms with Crippen LogP contribution in [0.5, 0.6) is 0 Å². The fraction of sp³-hybridized carbons (Fsp3) is 0.364. The van der Waals surface area contributed by atoms with Crippen molar-refractivity contribution in [2.75, 3.05) is 56.7 Å². The van der Waals surface area contributed by atoms with E-state index in [0.29, 0.717) is 12.0 Å². The second kappa shape index (κ2) is 9.37. The average molecular weight is 381 g/mol. The molecule has 1 fully saturated rings. The zero-order valence-electron chi connectivity index (χ0n) is 16.5. The van der Waals surface area contributed by atoms with Crippen molar-refractivity contribution in [3.8, 4) is 0 Å². The lowest BCUT2D eigenvalue weighted by atomic mass is 10.1. The molecular weight excluding hydrogens is 354 g/mol. The minimum Gasteiger partial charge on any atom is -0.378 e. The summed E-state index contributed by atoms with van der Waals surface area (Å²) in [5.74, 6) is -0.251. The van der Waals surface area contributed by atoms with Gasteiger partial charge in [0, 0.05) is 50.5 Å². The Labute approximate surface area is 166 Å². The molecule has 0 saturated carbocycles. The van der Waals surface area contributed by atoms with Crippen LogP contribution in [0.15, 0.2) is 48.5 Å². The van der Waals surface area contributed by atoms with Gasteiger partial charge in [0.1, 0.15) is 0 Å². The summed E-state index contributed by atoms with van der Waals surface area (Å²) in [6, 6.07) is 15.3. The highest BCUT2D eigenvalue weighted by Crippen LogP contribution is 2.17. The molecule has 0 spiro atoms. The van der Waals surface area contributed by atoms with Gasteiger partial charge in [0.25, 0.3) is 5.91 Å². The summed E-state index contributed by atoms with van der Waals surface area (Å²) in [5, 5.41) is 2.71. The van der Waals surface area contributed by atoms with E-state index >= 15 is 0 Å². The standard InChI is InChI=1S/C22H27N3O3/c1-24(2)19-9-5-18(6-10-19)22(27)23-16-21(26)15-17-3-7-20(8-4-17)25-11-13-28-14-12-25/h3-10H,11-16H2,1-2H3,(H,23,27). The second-order valence-corrected chi connectivity index (χ2v) is 7.11. The van der Waals surface area contributed by atoms with Crippen LogP contribution in [0.1, 0.15) is 15.9 Å². The predicted molar refractivity (Wildman–Crippen MR) is 111 cm³/mol. The minimum absolute atomic E-state index is 0.0163. The van der Waals surface area contributed by atoms with Crippen LogP contribution in [0.3, 0.4) is 0 Å². The Morgan fingerprint density at radius 2 is 1.64 bits per heavy atom. The Morgan fingerprint density at radius 3 is 2.25 bits per heavy atom. The molecule has 148 valence electrons. The molecule has 2 aromatic rings. The number of ketones is 1. The molecular formula is C22H27N3O3. The van der Waals surface area contributed by atoms with Crippen LogP contribution in [-0.2, 0) is 16.0 Å². The number of amides is 1. The van der Waals surface area contributed by atoms with Crippen LogP contribution in [-0.4, -0.2) is 58.6 Å². The van der Waals surface area contributed by atoms with Gasteiger partial charge in [-0.25, -0.2) is 0 Å². The van der Waals surface area contributed by atoms with Crippen LogP contribution < -0.4 is 15.1 Å². The lowest BCUT2D eigenvalue weighted by Crippen LogP contribution is -2.36. The number of anilines is 2. The summed E-state index contributed by atoms with van der Waals surface area (Å²) < 4.78 is 5.37. The summed E-state index contributed by atoms with van der Waals surface area (Å²) >= 11 is 0. The number of carbonyl (C=O) groups excluding carboxylic acids is 2. The molecule has 0 unspecified atom stereocenters. The van der Waals surface area contributed by atoms with Gasteiger partial charge in [-0.1, -0.05) is 12.1 Å². The van der Waals surface area contributed by atoms with Gasteiger partial charge in [0.2, 0.25) is 0 Å². The number of hydrogen-bond donors (Lipinski definition) is 1. The predicted octanol–water partition coefficient (Wildman–Crippen LogP) is 2.13.